The van der Waals surface area contributed by atoms with Gasteiger partial charge in [0.1, 0.15) is 0 Å². The Hall–Kier alpha value is 0.270. The molecule has 0 aromatic carbocycles. The van der Waals surface area contributed by atoms with Crippen LogP contribution in [-0.4, -0.2) is 31.9 Å². The molecule has 0 aromatic rings. The summed E-state index contributed by atoms with van der Waals surface area (Å²) in [5.41, 5.74) is 0. The molecule has 0 bridgehead atoms. The number of rotatable bonds is 11. The fourth-order valence-electron chi connectivity index (χ4n) is 1.29. The summed E-state index contributed by atoms with van der Waals surface area (Å²) < 4.78 is 0. The predicted molar refractivity (Wildman–Crippen MR) is 68.4 cm³/mol. The van der Waals surface area contributed by atoms with Crippen LogP contribution in [0.2, 0.25) is 0 Å². The van der Waals surface area contributed by atoms with Gasteiger partial charge < -0.3 is 10.6 Å². The van der Waals surface area contributed by atoms with Crippen molar-refractivity contribution in [1.29, 1.82) is 0 Å². The first kappa shape index (κ1) is 14.3. The van der Waals surface area contributed by atoms with Crippen LogP contribution in [0.1, 0.15) is 39.0 Å². The zero-order valence-corrected chi connectivity index (χ0v) is 10.4. The summed E-state index contributed by atoms with van der Waals surface area (Å²) in [6, 6.07) is 0. The van der Waals surface area contributed by atoms with E-state index in [1.54, 1.807) is 0 Å². The molecule has 3 heteroatoms. The smallest absolute Gasteiger partial charge is 0.00767 e. The average Bonchev–Trinajstić information content (AvgIpc) is 2.21. The Morgan fingerprint density at radius 1 is 0.786 bits per heavy atom. The van der Waals surface area contributed by atoms with Crippen LogP contribution in [0.25, 0.3) is 0 Å². The van der Waals surface area contributed by atoms with Gasteiger partial charge in [-0.25, -0.2) is 0 Å². The summed E-state index contributed by atoms with van der Waals surface area (Å²) in [4.78, 5) is 0. The fourth-order valence-corrected chi connectivity index (χ4v) is 1.51. The summed E-state index contributed by atoms with van der Waals surface area (Å²) in [5.74, 6) is 1.01. The quantitative estimate of drug-likeness (QED) is 0.365. The molecule has 14 heavy (non-hydrogen) atoms. The van der Waals surface area contributed by atoms with Crippen LogP contribution in [0.15, 0.2) is 0 Å². The third-order valence-corrected chi connectivity index (χ3v) is 2.51. The van der Waals surface area contributed by atoms with Gasteiger partial charge in [-0.15, -0.1) is 0 Å². The maximum Gasteiger partial charge on any atom is 0.00767 e. The number of hydrogen-bond donors (Lipinski definition) is 3. The first-order chi connectivity index (χ1) is 6.91. The molecule has 0 aromatic heterocycles. The molecule has 0 amide bonds. The molecule has 0 heterocycles. The summed E-state index contributed by atoms with van der Waals surface area (Å²) in [6.07, 6.45) is 6.45. The molecule has 0 aliphatic heterocycles. The van der Waals surface area contributed by atoms with Gasteiger partial charge in [0.15, 0.2) is 0 Å². The molecule has 2 N–H and O–H groups in total. The van der Waals surface area contributed by atoms with Crippen molar-refractivity contribution in [2.24, 2.45) is 0 Å². The normalized spacial score (nSPS) is 10.7. The van der Waals surface area contributed by atoms with Crippen LogP contribution in [0.5, 0.6) is 0 Å². The third-order valence-electron chi connectivity index (χ3n) is 2.20. The Morgan fingerprint density at radius 3 is 1.86 bits per heavy atom. The van der Waals surface area contributed by atoms with E-state index in [4.69, 9.17) is 0 Å². The second-order valence-corrected chi connectivity index (χ2v) is 4.09. The minimum absolute atomic E-state index is 1.01. The summed E-state index contributed by atoms with van der Waals surface area (Å²) in [6.45, 7) is 6.75. The molecule has 86 valence electrons. The highest BCUT2D eigenvalue weighted by molar-refractivity contribution is 7.80. The van der Waals surface area contributed by atoms with Crippen LogP contribution < -0.4 is 10.6 Å². The van der Waals surface area contributed by atoms with E-state index in [-0.39, 0.29) is 0 Å². The molecule has 0 saturated carbocycles. The van der Waals surface area contributed by atoms with Crippen molar-refractivity contribution in [3.05, 3.63) is 0 Å². The number of thiol groups is 1. The van der Waals surface area contributed by atoms with Gasteiger partial charge >= 0.3 is 0 Å². The van der Waals surface area contributed by atoms with Gasteiger partial charge in [0.05, 0.1) is 0 Å². The zero-order chi connectivity index (χ0) is 10.5. The molecule has 0 aliphatic carbocycles. The van der Waals surface area contributed by atoms with Crippen molar-refractivity contribution < 1.29 is 0 Å². The molecule has 0 rings (SSSR count). The van der Waals surface area contributed by atoms with Crippen molar-refractivity contribution in [3.8, 4) is 0 Å². The van der Waals surface area contributed by atoms with Crippen molar-refractivity contribution in [1.82, 2.24) is 10.6 Å². The van der Waals surface area contributed by atoms with Crippen LogP contribution >= 0.6 is 12.6 Å². The van der Waals surface area contributed by atoms with Crippen LogP contribution in [0.3, 0.4) is 0 Å². The summed E-state index contributed by atoms with van der Waals surface area (Å²) in [7, 11) is 0. The average molecular weight is 218 g/mol. The lowest BCUT2D eigenvalue weighted by molar-refractivity contribution is 0.573. The largest absolute Gasteiger partial charge is 0.315 e. The van der Waals surface area contributed by atoms with E-state index in [1.165, 1.54) is 38.6 Å². The minimum atomic E-state index is 1.01. The second-order valence-electron chi connectivity index (χ2n) is 3.64. The Labute approximate surface area is 94.6 Å². The Kier molecular flexibility index (Phi) is 13.5. The molecule has 0 aliphatic rings. The van der Waals surface area contributed by atoms with E-state index in [1.807, 2.05) is 0 Å². The highest BCUT2D eigenvalue weighted by Crippen LogP contribution is 1.90. The number of hydrogen-bond acceptors (Lipinski definition) is 3. The maximum absolute atomic E-state index is 4.17. The molecule has 0 spiro atoms. The molecular weight excluding hydrogens is 192 g/mol. The van der Waals surface area contributed by atoms with Gasteiger partial charge in [-0.3, -0.25) is 0 Å². The topological polar surface area (TPSA) is 24.1 Å². The van der Waals surface area contributed by atoms with E-state index >= 15 is 0 Å². The van der Waals surface area contributed by atoms with E-state index < -0.39 is 0 Å². The first-order valence-corrected chi connectivity index (χ1v) is 6.57. The highest BCUT2D eigenvalue weighted by atomic mass is 32.1. The lowest BCUT2D eigenvalue weighted by Crippen LogP contribution is -2.28. The van der Waals surface area contributed by atoms with Crippen molar-refractivity contribution in [2.75, 3.05) is 31.9 Å². The number of unbranched alkanes of at least 4 members (excludes halogenated alkanes) is 3. The lowest BCUT2D eigenvalue weighted by Gasteiger charge is -2.05. The Bertz CT molecular complexity index is 87.3. The molecule has 0 fully saturated rings. The van der Waals surface area contributed by atoms with Gasteiger partial charge in [0, 0.05) is 13.1 Å². The van der Waals surface area contributed by atoms with Crippen molar-refractivity contribution in [2.45, 2.75) is 39.0 Å². The standard InChI is InChI=1S/C11H26N2S/c1-2-3-4-7-12-9-10-13-8-5-6-11-14/h12-14H,2-11H2,1H3. The summed E-state index contributed by atoms with van der Waals surface area (Å²) >= 11 is 4.17. The van der Waals surface area contributed by atoms with E-state index in [0.29, 0.717) is 0 Å². The van der Waals surface area contributed by atoms with Gasteiger partial charge in [0.25, 0.3) is 0 Å². The Morgan fingerprint density at radius 2 is 1.36 bits per heavy atom. The molecule has 2 nitrogen and oxygen atoms in total. The molecular formula is C11H26N2S. The molecule has 0 saturated heterocycles. The molecule has 0 radical (unpaired) electrons. The van der Waals surface area contributed by atoms with E-state index in [2.05, 4.69) is 30.2 Å². The van der Waals surface area contributed by atoms with Crippen LogP contribution in [-0.2, 0) is 0 Å². The predicted octanol–water partition coefficient (Wildman–Crippen LogP) is 2.07. The summed E-state index contributed by atoms with van der Waals surface area (Å²) in [5, 5.41) is 6.85. The van der Waals surface area contributed by atoms with Crippen molar-refractivity contribution >= 4 is 12.6 Å². The first-order valence-electron chi connectivity index (χ1n) is 5.94. The zero-order valence-electron chi connectivity index (χ0n) is 9.52. The van der Waals surface area contributed by atoms with Gasteiger partial charge in [0.2, 0.25) is 0 Å². The minimum Gasteiger partial charge on any atom is -0.315 e. The van der Waals surface area contributed by atoms with Gasteiger partial charge in [-0.05, 0) is 38.1 Å². The third kappa shape index (κ3) is 12.3. The SMILES string of the molecule is CCCCCNCCNCCCCS. The fraction of sp³-hybridized carbons (Fsp3) is 1.00. The van der Waals surface area contributed by atoms with Crippen molar-refractivity contribution in [3.63, 3.8) is 0 Å². The second kappa shape index (κ2) is 13.3. The number of nitrogens with one attached hydrogen (secondary N) is 2. The molecule has 0 atom stereocenters. The van der Waals surface area contributed by atoms with Gasteiger partial charge in [-0.2, -0.15) is 12.6 Å². The Balaban J connectivity index is 2.78. The maximum atomic E-state index is 4.17. The van der Waals surface area contributed by atoms with E-state index in [0.717, 1.165) is 25.4 Å². The molecule has 0 unspecified atom stereocenters. The van der Waals surface area contributed by atoms with Crippen LogP contribution in [0, 0.1) is 0 Å². The van der Waals surface area contributed by atoms with Crippen LogP contribution in [0.4, 0.5) is 0 Å². The van der Waals surface area contributed by atoms with Gasteiger partial charge in [-0.1, -0.05) is 19.8 Å². The lowest BCUT2D eigenvalue weighted by atomic mass is 10.2. The van der Waals surface area contributed by atoms with E-state index in [9.17, 15) is 0 Å². The highest BCUT2D eigenvalue weighted by Gasteiger charge is 1.88. The monoisotopic (exact) mass is 218 g/mol.